The van der Waals surface area contributed by atoms with Gasteiger partial charge in [0.25, 0.3) is 0 Å². The Kier molecular flexibility index (Phi) is 6.35. The molecule has 1 aromatic heterocycles. The van der Waals surface area contributed by atoms with E-state index in [9.17, 15) is 9.59 Å². The Labute approximate surface area is 187 Å². The van der Waals surface area contributed by atoms with E-state index in [4.69, 9.17) is 9.47 Å². The van der Waals surface area contributed by atoms with Crippen molar-refractivity contribution in [2.75, 3.05) is 27.3 Å². The Morgan fingerprint density at radius 2 is 1.94 bits per heavy atom. The molecule has 2 N–H and O–H groups in total. The van der Waals surface area contributed by atoms with Crippen LogP contribution in [-0.2, 0) is 9.59 Å². The van der Waals surface area contributed by atoms with Gasteiger partial charge in [-0.1, -0.05) is 30.3 Å². The first kappa shape index (κ1) is 21.7. The van der Waals surface area contributed by atoms with E-state index in [-0.39, 0.29) is 17.7 Å². The Balaban J connectivity index is 1.69. The molecule has 1 aliphatic rings. The van der Waals surface area contributed by atoms with Gasteiger partial charge in [-0.25, -0.2) is 0 Å². The minimum absolute atomic E-state index is 0.0645. The van der Waals surface area contributed by atoms with Gasteiger partial charge in [0.1, 0.15) is 6.04 Å². The van der Waals surface area contributed by atoms with Gasteiger partial charge in [0.15, 0.2) is 11.5 Å². The number of aromatic amines is 1. The molecule has 168 valence electrons. The van der Waals surface area contributed by atoms with Crippen LogP contribution in [0.25, 0.3) is 10.9 Å². The van der Waals surface area contributed by atoms with E-state index in [1.807, 2.05) is 42.6 Å². The number of H-pyrrole nitrogens is 1. The number of rotatable bonds is 7. The van der Waals surface area contributed by atoms with Gasteiger partial charge in [0.05, 0.1) is 14.2 Å². The molecule has 2 heterocycles. The summed E-state index contributed by atoms with van der Waals surface area (Å²) < 4.78 is 11.2. The van der Waals surface area contributed by atoms with Crippen molar-refractivity contribution < 1.29 is 19.1 Å². The number of aromatic nitrogens is 1. The standard InChI is InChI=1S/C25H29N3O4/c1-16(29)28-13-7-11-22(28)25(30)27-15-20(18-9-6-12-23(31-2)24(18)32-3)19-14-26-21-10-5-4-8-17(19)21/h4-6,8-10,12,14,20,22,26H,7,11,13,15H2,1-3H3,(H,27,30). The number of hydrogen-bond acceptors (Lipinski definition) is 4. The molecule has 2 unspecified atom stereocenters. The van der Waals surface area contributed by atoms with Gasteiger partial charge in [-0.3, -0.25) is 9.59 Å². The molecule has 0 bridgehead atoms. The second-order valence-electron chi connectivity index (χ2n) is 8.04. The van der Waals surface area contributed by atoms with Crippen molar-refractivity contribution in [3.8, 4) is 11.5 Å². The lowest BCUT2D eigenvalue weighted by atomic mass is 9.89. The Morgan fingerprint density at radius 3 is 2.69 bits per heavy atom. The molecule has 1 aliphatic heterocycles. The summed E-state index contributed by atoms with van der Waals surface area (Å²) in [5.74, 6) is 0.924. The molecule has 2 atom stereocenters. The van der Waals surface area contributed by atoms with Crippen LogP contribution in [-0.4, -0.2) is 55.0 Å². The van der Waals surface area contributed by atoms with E-state index in [1.54, 1.807) is 19.1 Å². The van der Waals surface area contributed by atoms with Crippen LogP contribution in [0.15, 0.2) is 48.7 Å². The average Bonchev–Trinajstić information content (AvgIpc) is 3.47. The summed E-state index contributed by atoms with van der Waals surface area (Å²) in [4.78, 5) is 29.9. The second kappa shape index (κ2) is 9.34. The lowest BCUT2D eigenvalue weighted by Crippen LogP contribution is -2.46. The zero-order valence-electron chi connectivity index (χ0n) is 18.7. The van der Waals surface area contributed by atoms with Crippen LogP contribution in [0.2, 0.25) is 0 Å². The van der Waals surface area contributed by atoms with Gasteiger partial charge < -0.3 is 24.7 Å². The van der Waals surface area contributed by atoms with Crippen LogP contribution in [0.1, 0.15) is 36.8 Å². The van der Waals surface area contributed by atoms with Crippen LogP contribution in [0.3, 0.4) is 0 Å². The van der Waals surface area contributed by atoms with Crippen molar-refractivity contribution in [2.45, 2.75) is 31.7 Å². The van der Waals surface area contributed by atoms with E-state index in [1.165, 1.54) is 6.92 Å². The number of benzene rings is 2. The van der Waals surface area contributed by atoms with Crippen LogP contribution < -0.4 is 14.8 Å². The normalized spacial score (nSPS) is 16.7. The monoisotopic (exact) mass is 435 g/mol. The fourth-order valence-corrected chi connectivity index (χ4v) is 4.69. The number of ether oxygens (including phenoxy) is 2. The Morgan fingerprint density at radius 1 is 1.12 bits per heavy atom. The van der Waals surface area contributed by atoms with Gasteiger partial charge in [-0.05, 0) is 30.5 Å². The number of nitrogens with zero attached hydrogens (tertiary/aromatic N) is 1. The van der Waals surface area contributed by atoms with E-state index < -0.39 is 6.04 Å². The molecule has 7 nitrogen and oxygen atoms in total. The van der Waals surface area contributed by atoms with Gasteiger partial charge in [-0.15, -0.1) is 0 Å². The molecule has 0 spiro atoms. The van der Waals surface area contributed by atoms with Crippen LogP contribution in [0.5, 0.6) is 11.5 Å². The minimum Gasteiger partial charge on any atom is -0.493 e. The summed E-state index contributed by atoms with van der Waals surface area (Å²) in [6.45, 7) is 2.51. The van der Waals surface area contributed by atoms with Gasteiger partial charge in [0, 0.05) is 48.6 Å². The number of methoxy groups -OCH3 is 2. The van der Waals surface area contributed by atoms with E-state index in [0.717, 1.165) is 28.5 Å². The summed E-state index contributed by atoms with van der Waals surface area (Å²) >= 11 is 0. The Bertz CT molecular complexity index is 1120. The lowest BCUT2D eigenvalue weighted by molar-refractivity contribution is -0.136. The summed E-state index contributed by atoms with van der Waals surface area (Å²) in [7, 11) is 3.23. The maximum absolute atomic E-state index is 13.0. The third-order valence-electron chi connectivity index (χ3n) is 6.25. The first-order chi connectivity index (χ1) is 15.5. The molecule has 0 aliphatic carbocycles. The quantitative estimate of drug-likeness (QED) is 0.596. The molecular formula is C25H29N3O4. The van der Waals surface area contributed by atoms with Crippen LogP contribution in [0, 0.1) is 0 Å². The highest BCUT2D eigenvalue weighted by molar-refractivity contribution is 5.88. The number of hydrogen-bond donors (Lipinski definition) is 2. The third kappa shape index (κ3) is 4.02. The number of fused-ring (bicyclic) bond motifs is 1. The smallest absolute Gasteiger partial charge is 0.242 e. The fourth-order valence-electron chi connectivity index (χ4n) is 4.69. The molecule has 32 heavy (non-hydrogen) atoms. The number of carbonyl (C=O) groups is 2. The number of nitrogens with one attached hydrogen (secondary N) is 2. The summed E-state index contributed by atoms with van der Waals surface area (Å²) in [6, 6.07) is 13.5. The van der Waals surface area contributed by atoms with E-state index >= 15 is 0 Å². The van der Waals surface area contributed by atoms with Crippen molar-refractivity contribution in [1.29, 1.82) is 0 Å². The molecule has 3 aromatic rings. The van der Waals surface area contributed by atoms with Crippen molar-refractivity contribution >= 4 is 22.7 Å². The molecule has 0 saturated carbocycles. The van der Waals surface area contributed by atoms with Crippen LogP contribution in [0.4, 0.5) is 0 Å². The molecule has 2 amide bonds. The number of carbonyl (C=O) groups excluding carboxylic acids is 2. The predicted octanol–water partition coefficient (Wildman–Crippen LogP) is 3.44. The average molecular weight is 436 g/mol. The Hall–Kier alpha value is -3.48. The molecule has 2 aromatic carbocycles. The number of para-hydroxylation sites is 2. The van der Waals surface area contributed by atoms with Crippen molar-refractivity contribution in [2.24, 2.45) is 0 Å². The van der Waals surface area contributed by atoms with Crippen molar-refractivity contribution in [3.63, 3.8) is 0 Å². The lowest BCUT2D eigenvalue weighted by Gasteiger charge is -2.25. The molecular weight excluding hydrogens is 406 g/mol. The van der Waals surface area contributed by atoms with E-state index in [0.29, 0.717) is 31.0 Å². The largest absolute Gasteiger partial charge is 0.493 e. The highest BCUT2D eigenvalue weighted by atomic mass is 16.5. The van der Waals surface area contributed by atoms with E-state index in [2.05, 4.69) is 16.4 Å². The van der Waals surface area contributed by atoms with Gasteiger partial charge in [0.2, 0.25) is 11.8 Å². The fraction of sp³-hybridized carbons (Fsp3) is 0.360. The maximum Gasteiger partial charge on any atom is 0.242 e. The zero-order valence-corrected chi connectivity index (χ0v) is 18.7. The number of likely N-dealkylation sites (tertiary alicyclic amines) is 1. The first-order valence-electron chi connectivity index (χ1n) is 10.9. The molecule has 1 saturated heterocycles. The molecule has 0 radical (unpaired) electrons. The van der Waals surface area contributed by atoms with Gasteiger partial charge in [-0.2, -0.15) is 0 Å². The highest BCUT2D eigenvalue weighted by Crippen LogP contribution is 2.40. The van der Waals surface area contributed by atoms with Gasteiger partial charge >= 0.3 is 0 Å². The SMILES string of the molecule is COc1cccc(C(CNC(=O)C2CCCN2C(C)=O)c2c[nH]c3ccccc23)c1OC. The first-order valence-corrected chi connectivity index (χ1v) is 10.9. The highest BCUT2D eigenvalue weighted by Gasteiger charge is 2.33. The van der Waals surface area contributed by atoms with Crippen LogP contribution >= 0.6 is 0 Å². The minimum atomic E-state index is -0.414. The molecule has 4 rings (SSSR count). The molecule has 1 fully saturated rings. The summed E-state index contributed by atoms with van der Waals surface area (Å²) in [5, 5.41) is 4.19. The zero-order chi connectivity index (χ0) is 22.7. The molecule has 7 heteroatoms. The van der Waals surface area contributed by atoms with Crippen molar-refractivity contribution in [3.05, 3.63) is 59.8 Å². The summed E-state index contributed by atoms with van der Waals surface area (Å²) in [6.07, 6.45) is 3.51. The second-order valence-corrected chi connectivity index (χ2v) is 8.04. The predicted molar refractivity (Wildman–Crippen MR) is 123 cm³/mol. The number of amides is 2. The van der Waals surface area contributed by atoms with Crippen molar-refractivity contribution in [1.82, 2.24) is 15.2 Å². The summed E-state index contributed by atoms with van der Waals surface area (Å²) in [5.41, 5.74) is 3.01. The topological polar surface area (TPSA) is 83.7 Å². The maximum atomic E-state index is 13.0. The third-order valence-corrected chi connectivity index (χ3v) is 6.25.